The molecule has 3 rings (SSSR count). The fraction of sp³-hybridized carbons (Fsp3) is 0.923. The van der Waals surface area contributed by atoms with E-state index in [-0.39, 0.29) is 22.6 Å². The number of sulfonamides is 1. The molecule has 2 aliphatic carbocycles. The highest BCUT2D eigenvalue weighted by molar-refractivity contribution is 7.90. The molecule has 1 heterocycles. The number of amides is 1. The maximum absolute atomic E-state index is 12.4. The van der Waals surface area contributed by atoms with Crippen LogP contribution < -0.4 is 0 Å². The van der Waals surface area contributed by atoms with Crippen LogP contribution in [-0.2, 0) is 19.6 Å². The lowest BCUT2D eigenvalue weighted by molar-refractivity contribution is -0.161. The molecule has 0 aromatic heterocycles. The molecule has 0 aromatic carbocycles. The summed E-state index contributed by atoms with van der Waals surface area (Å²) in [5.41, 5.74) is -0.447. The van der Waals surface area contributed by atoms with Crippen LogP contribution in [0.2, 0.25) is 0 Å². The van der Waals surface area contributed by atoms with Gasteiger partial charge >= 0.3 is 0 Å². The van der Waals surface area contributed by atoms with E-state index in [0.29, 0.717) is 12.3 Å². The molecule has 0 radical (unpaired) electrons. The van der Waals surface area contributed by atoms with Gasteiger partial charge in [0.15, 0.2) is 0 Å². The van der Waals surface area contributed by atoms with Crippen LogP contribution in [0.15, 0.2) is 0 Å². The molecule has 3 fully saturated rings. The first kappa shape index (κ1) is 14.3. The van der Waals surface area contributed by atoms with Gasteiger partial charge in [0.25, 0.3) is 5.91 Å². The van der Waals surface area contributed by atoms with E-state index in [9.17, 15) is 18.3 Å². The second kappa shape index (κ2) is 3.96. The van der Waals surface area contributed by atoms with Gasteiger partial charge in [-0.15, -0.1) is 0 Å². The number of carbonyl (C=O) groups is 1. The maximum Gasteiger partial charge on any atom is 0.293 e. The second-order valence-electron chi connectivity index (χ2n) is 6.84. The SMILES string of the molecule is CO[C@H](O)C(=O)N1[C@H]2C[C@@H]3CC[C@@]2(CS1(=O)=O)C3(C)C. The topological polar surface area (TPSA) is 83.9 Å². The Morgan fingerprint density at radius 3 is 2.65 bits per heavy atom. The van der Waals surface area contributed by atoms with Gasteiger partial charge in [0.1, 0.15) is 0 Å². The van der Waals surface area contributed by atoms with Gasteiger partial charge in [-0.1, -0.05) is 13.8 Å². The molecule has 1 spiro atoms. The van der Waals surface area contributed by atoms with E-state index in [0.717, 1.165) is 17.1 Å². The van der Waals surface area contributed by atoms with E-state index < -0.39 is 22.2 Å². The first-order valence-electron chi connectivity index (χ1n) is 6.94. The molecule has 1 aliphatic heterocycles. The van der Waals surface area contributed by atoms with Crippen LogP contribution in [0.1, 0.15) is 33.1 Å². The first-order chi connectivity index (χ1) is 9.17. The Bertz CT molecular complexity index is 557. The van der Waals surface area contributed by atoms with Gasteiger partial charge in [-0.3, -0.25) is 4.79 Å². The predicted molar refractivity (Wildman–Crippen MR) is 71.0 cm³/mol. The third-order valence-electron chi connectivity index (χ3n) is 6.06. The van der Waals surface area contributed by atoms with Crippen molar-refractivity contribution in [3.8, 4) is 0 Å². The maximum atomic E-state index is 12.4. The summed E-state index contributed by atoms with van der Waals surface area (Å²) in [6.45, 7) is 4.22. The van der Waals surface area contributed by atoms with E-state index in [1.807, 2.05) is 0 Å². The summed E-state index contributed by atoms with van der Waals surface area (Å²) in [7, 11) is -2.49. The summed E-state index contributed by atoms with van der Waals surface area (Å²) in [6, 6.07) is -0.321. The van der Waals surface area contributed by atoms with Gasteiger partial charge < -0.3 is 9.84 Å². The highest BCUT2D eigenvalue weighted by Crippen LogP contribution is 2.69. The number of ether oxygens (including phenoxy) is 1. The van der Waals surface area contributed by atoms with Gasteiger partial charge in [-0.25, -0.2) is 12.7 Å². The minimum absolute atomic E-state index is 0.0103. The van der Waals surface area contributed by atoms with Crippen LogP contribution in [0.5, 0.6) is 0 Å². The predicted octanol–water partition coefficient (Wildman–Crippen LogP) is 0.318. The number of fused-ring (bicyclic) bond motifs is 1. The number of methoxy groups -OCH3 is 1. The highest BCUT2D eigenvalue weighted by atomic mass is 32.2. The lowest BCUT2D eigenvalue weighted by Gasteiger charge is -2.37. The number of hydrogen-bond donors (Lipinski definition) is 1. The molecule has 1 N–H and O–H groups in total. The number of carbonyl (C=O) groups excluding carboxylic acids is 1. The smallest absolute Gasteiger partial charge is 0.293 e. The molecule has 4 atom stereocenters. The highest BCUT2D eigenvalue weighted by Gasteiger charge is 2.72. The van der Waals surface area contributed by atoms with Crippen molar-refractivity contribution in [2.75, 3.05) is 12.9 Å². The van der Waals surface area contributed by atoms with Gasteiger partial charge in [-0.05, 0) is 30.6 Å². The van der Waals surface area contributed by atoms with E-state index >= 15 is 0 Å². The molecule has 20 heavy (non-hydrogen) atoms. The average Bonchev–Trinajstić information content (AvgIpc) is 2.83. The van der Waals surface area contributed by atoms with Crippen LogP contribution in [0, 0.1) is 16.7 Å². The van der Waals surface area contributed by atoms with E-state index in [1.165, 1.54) is 7.11 Å². The van der Waals surface area contributed by atoms with Crippen molar-refractivity contribution < 1.29 is 23.1 Å². The van der Waals surface area contributed by atoms with E-state index in [2.05, 4.69) is 18.6 Å². The Hall–Kier alpha value is -0.660. The molecule has 2 bridgehead atoms. The monoisotopic (exact) mass is 303 g/mol. The zero-order valence-electron chi connectivity index (χ0n) is 12.0. The molecule has 1 saturated heterocycles. The molecule has 6 nitrogen and oxygen atoms in total. The second-order valence-corrected chi connectivity index (χ2v) is 8.69. The van der Waals surface area contributed by atoms with Crippen LogP contribution in [0.25, 0.3) is 0 Å². The van der Waals surface area contributed by atoms with Gasteiger partial charge in [-0.2, -0.15) is 0 Å². The summed E-state index contributed by atoms with van der Waals surface area (Å²) >= 11 is 0. The zero-order valence-corrected chi connectivity index (χ0v) is 12.8. The summed E-state index contributed by atoms with van der Waals surface area (Å²) in [5.74, 6) is -0.396. The normalized spacial score (nSPS) is 41.7. The Labute approximate surface area is 119 Å². The molecule has 114 valence electrons. The number of aliphatic hydroxyl groups is 1. The largest absolute Gasteiger partial charge is 0.360 e. The van der Waals surface area contributed by atoms with Crippen molar-refractivity contribution in [1.29, 1.82) is 0 Å². The Morgan fingerprint density at radius 2 is 2.10 bits per heavy atom. The summed E-state index contributed by atoms with van der Waals surface area (Å²) in [6.07, 6.45) is 0.853. The lowest BCUT2D eigenvalue weighted by Crippen LogP contribution is -2.48. The van der Waals surface area contributed by atoms with Crippen LogP contribution in [0.4, 0.5) is 0 Å². The fourth-order valence-corrected chi connectivity index (χ4v) is 7.33. The number of hydrogen-bond acceptors (Lipinski definition) is 5. The standard InChI is InChI=1S/C13H21NO5S/c1-12(2)8-4-5-13(12)7-20(17,18)14(9(13)6-8)10(15)11(16)19-3/h8-9,11,16H,4-7H2,1-3H3/t8-,9-,11-,13-/m0/s1. The quantitative estimate of drug-likeness (QED) is 0.743. The number of nitrogens with zero attached hydrogens (tertiary/aromatic N) is 1. The average molecular weight is 303 g/mol. The lowest BCUT2D eigenvalue weighted by atomic mass is 9.69. The Kier molecular flexibility index (Phi) is 2.82. The van der Waals surface area contributed by atoms with Crippen molar-refractivity contribution in [1.82, 2.24) is 4.31 Å². The van der Waals surface area contributed by atoms with Crippen molar-refractivity contribution in [3.05, 3.63) is 0 Å². The molecule has 1 amide bonds. The van der Waals surface area contributed by atoms with Gasteiger partial charge in [0.05, 0.1) is 11.8 Å². The summed E-state index contributed by atoms with van der Waals surface area (Å²) in [4.78, 5) is 12.2. The molecule has 2 saturated carbocycles. The molecule has 3 aliphatic rings. The molecule has 7 heteroatoms. The van der Waals surface area contributed by atoms with Crippen molar-refractivity contribution in [3.63, 3.8) is 0 Å². The number of rotatable bonds is 2. The Morgan fingerprint density at radius 1 is 1.45 bits per heavy atom. The minimum Gasteiger partial charge on any atom is -0.360 e. The summed E-state index contributed by atoms with van der Waals surface area (Å²) in [5, 5.41) is 9.56. The third kappa shape index (κ3) is 1.46. The van der Waals surface area contributed by atoms with Crippen molar-refractivity contribution in [2.45, 2.75) is 45.4 Å². The van der Waals surface area contributed by atoms with E-state index in [4.69, 9.17) is 0 Å². The fourth-order valence-electron chi connectivity index (χ4n) is 4.79. The molecule has 0 aromatic rings. The van der Waals surface area contributed by atoms with Crippen molar-refractivity contribution >= 4 is 15.9 Å². The molecular weight excluding hydrogens is 282 g/mol. The first-order valence-corrected chi connectivity index (χ1v) is 8.55. The van der Waals surface area contributed by atoms with E-state index in [1.54, 1.807) is 0 Å². The van der Waals surface area contributed by atoms with Crippen LogP contribution >= 0.6 is 0 Å². The number of aliphatic hydroxyl groups excluding tert-OH is 1. The van der Waals surface area contributed by atoms with Gasteiger partial charge in [0, 0.05) is 12.5 Å². The Balaban J connectivity index is 2.05. The third-order valence-corrected chi connectivity index (χ3v) is 7.98. The van der Waals surface area contributed by atoms with Crippen LogP contribution in [0.3, 0.4) is 0 Å². The zero-order chi connectivity index (χ0) is 14.9. The molecular formula is C13H21NO5S. The van der Waals surface area contributed by atoms with Gasteiger partial charge in [0.2, 0.25) is 16.3 Å². The minimum atomic E-state index is -3.67. The summed E-state index contributed by atoms with van der Waals surface area (Å²) < 4.78 is 30.4. The molecule has 0 unspecified atom stereocenters. The van der Waals surface area contributed by atoms with Crippen LogP contribution in [-0.4, -0.2) is 48.9 Å². The van der Waals surface area contributed by atoms with Crippen molar-refractivity contribution in [2.24, 2.45) is 16.7 Å².